The van der Waals surface area contributed by atoms with Crippen LogP contribution in [0.3, 0.4) is 0 Å². The van der Waals surface area contributed by atoms with Crippen LogP contribution in [0.1, 0.15) is 5.56 Å². The maximum Gasteiger partial charge on any atom is 0.412 e. The first-order valence-electron chi connectivity index (χ1n) is 9.83. The summed E-state index contributed by atoms with van der Waals surface area (Å²) in [6, 6.07) is 16.8. The van der Waals surface area contributed by atoms with Crippen LogP contribution < -0.4 is 9.50 Å². The summed E-state index contributed by atoms with van der Waals surface area (Å²) in [7, 11) is -2.94. The van der Waals surface area contributed by atoms with Gasteiger partial charge in [-0.1, -0.05) is 60.3 Å². The highest BCUT2D eigenvalue weighted by molar-refractivity contribution is 8.13. The van der Waals surface area contributed by atoms with Crippen molar-refractivity contribution in [3.05, 3.63) is 88.9 Å². The molecule has 0 bridgehead atoms. The molecule has 0 saturated heterocycles. The molecule has 0 saturated carbocycles. The number of allylic oxidation sites excluding steroid dienone is 1. The van der Waals surface area contributed by atoms with Crippen molar-refractivity contribution >= 4 is 38.9 Å². The number of rotatable bonds is 6. The molecular weight excluding hydrogens is 462 g/mol. The highest BCUT2D eigenvalue weighted by Crippen LogP contribution is 2.27. The quantitative estimate of drug-likeness (QED) is 0.364. The molecule has 0 spiro atoms. The molecule has 172 valence electrons. The molecule has 1 atom stereocenters. The van der Waals surface area contributed by atoms with Crippen molar-refractivity contribution in [3.8, 4) is 5.75 Å². The average molecular weight is 486 g/mol. The van der Waals surface area contributed by atoms with Gasteiger partial charge in [-0.15, -0.1) is 0 Å². The van der Waals surface area contributed by atoms with Crippen molar-refractivity contribution in [2.75, 3.05) is 13.4 Å². The second-order valence-corrected chi connectivity index (χ2v) is 9.23. The fourth-order valence-corrected chi connectivity index (χ4v) is 4.48. The molecule has 10 heteroatoms. The van der Waals surface area contributed by atoms with Gasteiger partial charge in [-0.2, -0.15) is 8.42 Å². The number of carbonyl (C=O) groups excluding carboxylic acids is 1. The number of benzene rings is 2. The Morgan fingerprint density at radius 3 is 2.33 bits per heavy atom. The standard InChI is InChI=1S/C23H23N3O5S2/c1-30-23(27)26-22(32-2)25-21-17(13-16-9-5-3-6-10-16)14-19(15-20(21)24)33(28,29)31-18-11-7-4-8-12-18/h3-12,14-15,21,24H,13H2,1-2H3,(H,25,26,27). The Labute approximate surface area is 197 Å². The summed E-state index contributed by atoms with van der Waals surface area (Å²) < 4.78 is 35.7. The lowest BCUT2D eigenvalue weighted by Crippen LogP contribution is -2.32. The average Bonchev–Trinajstić information content (AvgIpc) is 2.81. The molecule has 2 N–H and O–H groups in total. The van der Waals surface area contributed by atoms with Gasteiger partial charge in [-0.3, -0.25) is 5.32 Å². The predicted molar refractivity (Wildman–Crippen MR) is 130 cm³/mol. The minimum Gasteiger partial charge on any atom is -0.453 e. The number of amides is 1. The van der Waals surface area contributed by atoms with Crippen LogP contribution in [0.5, 0.6) is 5.75 Å². The smallest absolute Gasteiger partial charge is 0.412 e. The van der Waals surface area contributed by atoms with E-state index in [4.69, 9.17) is 9.59 Å². The largest absolute Gasteiger partial charge is 0.453 e. The lowest BCUT2D eigenvalue weighted by atomic mass is 9.92. The van der Waals surface area contributed by atoms with Gasteiger partial charge in [-0.25, -0.2) is 9.79 Å². The van der Waals surface area contributed by atoms with E-state index in [2.05, 4.69) is 15.0 Å². The van der Waals surface area contributed by atoms with E-state index in [1.807, 2.05) is 30.3 Å². The van der Waals surface area contributed by atoms with Gasteiger partial charge in [0.05, 0.1) is 12.8 Å². The third kappa shape index (κ3) is 6.56. The number of hydrogen-bond donors (Lipinski definition) is 2. The highest BCUT2D eigenvalue weighted by atomic mass is 32.2. The molecule has 33 heavy (non-hydrogen) atoms. The van der Waals surface area contributed by atoms with E-state index in [1.54, 1.807) is 24.5 Å². The number of nitrogens with one attached hydrogen (secondary N) is 2. The number of nitrogens with zero attached hydrogens (tertiary/aromatic N) is 1. The summed E-state index contributed by atoms with van der Waals surface area (Å²) >= 11 is 1.18. The van der Waals surface area contributed by atoms with Crippen LogP contribution in [0.15, 0.2) is 88.3 Å². The molecule has 2 aromatic rings. The second-order valence-electron chi connectivity index (χ2n) is 6.89. The number of carbonyl (C=O) groups is 1. The number of ether oxygens (including phenoxy) is 1. The fraction of sp³-hybridized carbons (Fsp3) is 0.174. The Kier molecular flexibility index (Phi) is 8.07. The second kappa shape index (κ2) is 11.0. The van der Waals surface area contributed by atoms with Crippen molar-refractivity contribution in [2.24, 2.45) is 4.99 Å². The number of thioether (sulfide) groups is 1. The van der Waals surface area contributed by atoms with Gasteiger partial charge in [-0.05, 0) is 48.1 Å². The van der Waals surface area contributed by atoms with Crippen molar-refractivity contribution in [2.45, 2.75) is 12.5 Å². The van der Waals surface area contributed by atoms with Crippen molar-refractivity contribution in [1.82, 2.24) is 5.32 Å². The molecule has 1 amide bonds. The number of hydrogen-bond acceptors (Lipinski definition) is 8. The Bertz CT molecular complexity index is 1210. The Morgan fingerprint density at radius 2 is 1.73 bits per heavy atom. The van der Waals surface area contributed by atoms with Crippen LogP contribution in [-0.2, 0) is 21.3 Å². The van der Waals surface area contributed by atoms with Crippen molar-refractivity contribution in [3.63, 3.8) is 0 Å². The molecule has 0 radical (unpaired) electrons. The van der Waals surface area contributed by atoms with Crippen LogP contribution in [-0.4, -0.2) is 44.8 Å². The molecule has 0 heterocycles. The summed E-state index contributed by atoms with van der Waals surface area (Å²) in [5.41, 5.74) is 1.45. The topological polar surface area (TPSA) is 118 Å². The normalized spacial score (nSPS) is 16.5. The van der Waals surface area contributed by atoms with Gasteiger partial charge in [0.15, 0.2) is 5.17 Å². The van der Waals surface area contributed by atoms with Crippen LogP contribution in [0.25, 0.3) is 0 Å². The number of aliphatic imine (C=N–C) groups is 1. The zero-order chi connectivity index (χ0) is 23.8. The molecule has 0 fully saturated rings. The lowest BCUT2D eigenvalue weighted by molar-refractivity contribution is 0.177. The minimum atomic E-state index is -4.17. The van der Waals surface area contributed by atoms with Gasteiger partial charge >= 0.3 is 16.2 Å². The van der Waals surface area contributed by atoms with E-state index in [-0.39, 0.29) is 21.5 Å². The Balaban J connectivity index is 1.98. The molecule has 8 nitrogen and oxygen atoms in total. The Hall–Kier alpha value is -3.37. The predicted octanol–water partition coefficient (Wildman–Crippen LogP) is 3.93. The molecule has 1 aliphatic carbocycles. The third-order valence-electron chi connectivity index (χ3n) is 4.59. The number of methoxy groups -OCH3 is 1. The van der Waals surface area contributed by atoms with Crippen molar-refractivity contribution in [1.29, 1.82) is 5.41 Å². The first-order valence-corrected chi connectivity index (χ1v) is 12.5. The summed E-state index contributed by atoms with van der Waals surface area (Å²) in [6.45, 7) is 0. The maximum absolute atomic E-state index is 12.9. The van der Waals surface area contributed by atoms with Gasteiger partial charge in [0.25, 0.3) is 0 Å². The van der Waals surface area contributed by atoms with Crippen molar-refractivity contribution < 1.29 is 22.1 Å². The van der Waals surface area contributed by atoms with E-state index < -0.39 is 22.3 Å². The molecule has 3 rings (SSSR count). The minimum absolute atomic E-state index is 0.0446. The third-order valence-corrected chi connectivity index (χ3v) is 6.41. The Morgan fingerprint density at radius 1 is 1.09 bits per heavy atom. The molecule has 2 aromatic carbocycles. The monoisotopic (exact) mass is 485 g/mol. The van der Waals surface area contributed by atoms with Gasteiger partial charge in [0.2, 0.25) is 0 Å². The van der Waals surface area contributed by atoms with Crippen LogP contribution in [0.4, 0.5) is 4.79 Å². The molecule has 0 aliphatic heterocycles. The number of para-hydroxylation sites is 1. The molecule has 1 unspecified atom stereocenters. The number of amidine groups is 1. The van der Waals surface area contributed by atoms with Crippen LogP contribution in [0.2, 0.25) is 0 Å². The number of alkyl carbamates (subject to hydrolysis) is 1. The van der Waals surface area contributed by atoms with E-state index in [1.165, 1.54) is 43.2 Å². The summed E-state index contributed by atoms with van der Waals surface area (Å²) in [5, 5.41) is 11.3. The summed E-state index contributed by atoms with van der Waals surface area (Å²) in [4.78, 5) is 16.0. The highest BCUT2D eigenvalue weighted by Gasteiger charge is 2.29. The first kappa shape index (κ1) is 24.3. The first-order chi connectivity index (χ1) is 15.8. The van der Waals surface area contributed by atoms with E-state index in [0.29, 0.717) is 12.0 Å². The lowest BCUT2D eigenvalue weighted by Gasteiger charge is -2.23. The van der Waals surface area contributed by atoms with Gasteiger partial charge in [0, 0.05) is 0 Å². The maximum atomic E-state index is 12.9. The zero-order valence-corrected chi connectivity index (χ0v) is 19.7. The van der Waals surface area contributed by atoms with Gasteiger partial charge in [0.1, 0.15) is 16.7 Å². The zero-order valence-electron chi connectivity index (χ0n) is 18.0. The summed E-state index contributed by atoms with van der Waals surface area (Å²) in [6.07, 6.45) is 4.09. The molecule has 1 aliphatic rings. The van der Waals surface area contributed by atoms with E-state index >= 15 is 0 Å². The summed E-state index contributed by atoms with van der Waals surface area (Å²) in [5.74, 6) is 0.176. The fourth-order valence-electron chi connectivity index (χ4n) is 3.05. The molecular formula is C23H23N3O5S2. The van der Waals surface area contributed by atoms with E-state index in [9.17, 15) is 13.2 Å². The van der Waals surface area contributed by atoms with Crippen LogP contribution >= 0.6 is 11.8 Å². The van der Waals surface area contributed by atoms with Crippen LogP contribution in [0, 0.1) is 5.41 Å². The molecule has 0 aromatic heterocycles. The SMILES string of the molecule is COC(=O)NC(=NC1C(=N)C=C(S(=O)(=O)Oc2ccccc2)C=C1Cc1ccccc1)SC. The van der Waals surface area contributed by atoms with E-state index in [0.717, 1.165) is 5.56 Å². The van der Waals surface area contributed by atoms with Gasteiger partial charge < -0.3 is 14.3 Å².